The molecule has 0 spiro atoms. The maximum Gasteiger partial charge on any atom is 0.244 e. The van der Waals surface area contributed by atoms with Crippen LogP contribution < -0.4 is 43.1 Å². The summed E-state index contributed by atoms with van der Waals surface area (Å²) < 4.78 is 11.0. The van der Waals surface area contributed by atoms with Crippen LogP contribution in [0.1, 0.15) is 61.0 Å². The van der Waals surface area contributed by atoms with Crippen LogP contribution in [0, 0.1) is 0 Å². The number of carbonyl (C=O) groups excluding carboxylic acids is 2. The first-order valence-electron chi connectivity index (χ1n) is 21.6. The van der Waals surface area contributed by atoms with Crippen LogP contribution in [0.3, 0.4) is 0 Å². The van der Waals surface area contributed by atoms with Gasteiger partial charge in [-0.2, -0.15) is 0 Å². The standard InChI is InChI=1S/C56H45N5O2.2BrH/c1-2-61-53-24-22-49-31-51(53)52-32-50(23-25-54(52)61)56(63)46-20-12-42(13-21-46)36-60-29-27-58(38-60)34-40-8-16-44(17-9-40)48-5-3-4-47(30-48)43-14-6-39(7-15-43)33-57-26-28-59(37-57)35-41-10-18-45(19-11-41)55(49)62;;/h3-32,37-38H,2,33-36H2,1H3;2*1H/q+2;;/p-2. The minimum atomic E-state index is -0.0296. The van der Waals surface area contributed by atoms with E-state index < -0.39 is 0 Å². The summed E-state index contributed by atoms with van der Waals surface area (Å²) in [4.78, 5) is 27.9. The summed E-state index contributed by atoms with van der Waals surface area (Å²) in [6.07, 6.45) is 12.7. The van der Waals surface area contributed by atoms with Gasteiger partial charge in [-0.3, -0.25) is 9.59 Å². The van der Waals surface area contributed by atoms with Crippen molar-refractivity contribution in [2.45, 2.75) is 39.6 Å². The smallest absolute Gasteiger partial charge is 0.244 e. The third-order valence-electron chi connectivity index (χ3n) is 12.5. The molecule has 15 rings (SSSR count). The predicted octanol–water partition coefficient (Wildman–Crippen LogP) is 4.30. The second-order valence-corrected chi connectivity index (χ2v) is 16.8. The summed E-state index contributed by atoms with van der Waals surface area (Å²) in [5.41, 5.74) is 14.0. The molecule has 5 aliphatic heterocycles. The normalized spacial score (nSPS) is 12.6. The van der Waals surface area contributed by atoms with Crippen molar-refractivity contribution < 1.29 is 52.7 Å². The number of hydrogen-bond acceptors (Lipinski definition) is 2. The second kappa shape index (κ2) is 18.3. The highest BCUT2D eigenvalue weighted by Gasteiger charge is 2.18. The fraction of sp³-hybridized carbons (Fsp3) is 0.107. The lowest BCUT2D eigenvalue weighted by Gasteiger charge is -2.08. The van der Waals surface area contributed by atoms with Gasteiger partial charge in [0.05, 0.1) is 0 Å². The first kappa shape index (κ1) is 43.3. The lowest BCUT2D eigenvalue weighted by atomic mass is 9.98. The number of benzene rings is 7. The van der Waals surface area contributed by atoms with E-state index in [0.29, 0.717) is 35.3 Å². The Labute approximate surface area is 399 Å². The monoisotopic (exact) mass is 977 g/mol. The van der Waals surface area contributed by atoms with Crippen molar-refractivity contribution in [3.8, 4) is 22.3 Å². The molecule has 3 aromatic heterocycles. The van der Waals surface area contributed by atoms with Crippen molar-refractivity contribution in [3.63, 3.8) is 0 Å². The van der Waals surface area contributed by atoms with Crippen molar-refractivity contribution in [1.29, 1.82) is 0 Å². The van der Waals surface area contributed by atoms with Crippen LogP contribution >= 0.6 is 0 Å². The zero-order valence-corrected chi connectivity index (χ0v) is 39.0. The number of ketones is 2. The molecule has 8 heterocycles. The highest BCUT2D eigenvalue weighted by Crippen LogP contribution is 2.32. The van der Waals surface area contributed by atoms with Crippen LogP contribution in [0.4, 0.5) is 0 Å². The van der Waals surface area contributed by atoms with E-state index >= 15 is 0 Å². The van der Waals surface area contributed by atoms with Crippen LogP contribution in [0.15, 0.2) is 195 Å². The summed E-state index contributed by atoms with van der Waals surface area (Å²) in [6, 6.07) is 54.2. The van der Waals surface area contributed by atoms with Gasteiger partial charge < -0.3 is 38.5 Å². The van der Waals surface area contributed by atoms with Crippen molar-refractivity contribution >= 4 is 33.4 Å². The average Bonchev–Trinajstić information content (AvgIpc) is 4.05. The quantitative estimate of drug-likeness (QED) is 0.231. The van der Waals surface area contributed by atoms with Crippen molar-refractivity contribution in [1.82, 2.24) is 13.7 Å². The topological polar surface area (TPSA) is 56.7 Å². The first-order valence-corrected chi connectivity index (χ1v) is 21.6. The van der Waals surface area contributed by atoms with Gasteiger partial charge in [0.2, 0.25) is 12.7 Å². The molecule has 10 aromatic rings. The van der Waals surface area contributed by atoms with E-state index in [2.05, 4.69) is 140 Å². The van der Waals surface area contributed by atoms with Crippen LogP contribution in [0.2, 0.25) is 0 Å². The van der Waals surface area contributed by atoms with E-state index in [9.17, 15) is 9.59 Å². The van der Waals surface area contributed by atoms with E-state index in [1.165, 1.54) is 33.4 Å². The van der Waals surface area contributed by atoms with Gasteiger partial charge in [0, 0.05) is 50.6 Å². The molecule has 5 aliphatic rings. The Kier molecular flexibility index (Phi) is 12.2. The highest BCUT2D eigenvalue weighted by molar-refractivity contribution is 6.17. The summed E-state index contributed by atoms with van der Waals surface area (Å²) >= 11 is 0. The predicted molar refractivity (Wildman–Crippen MR) is 248 cm³/mol. The zero-order chi connectivity index (χ0) is 42.4. The summed E-state index contributed by atoms with van der Waals surface area (Å²) in [5, 5.41) is 1.93. The Balaban J connectivity index is 0.00000266. The van der Waals surface area contributed by atoms with Crippen molar-refractivity contribution in [2.75, 3.05) is 0 Å². The van der Waals surface area contributed by atoms with Crippen LogP contribution in [-0.4, -0.2) is 25.3 Å². The van der Waals surface area contributed by atoms with Crippen LogP contribution in [0.5, 0.6) is 0 Å². The Morgan fingerprint density at radius 2 is 0.815 bits per heavy atom. The Bertz CT molecular complexity index is 3130. The zero-order valence-electron chi connectivity index (χ0n) is 35.8. The third-order valence-corrected chi connectivity index (χ3v) is 12.5. The van der Waals surface area contributed by atoms with Gasteiger partial charge in [-0.15, -0.1) is 0 Å². The minimum Gasteiger partial charge on any atom is -1.00 e. The fourth-order valence-electron chi connectivity index (χ4n) is 9.16. The average molecular weight is 980 g/mol. The van der Waals surface area contributed by atoms with E-state index in [4.69, 9.17) is 0 Å². The molecule has 18 bridgehead atoms. The fourth-order valence-corrected chi connectivity index (χ4v) is 9.16. The van der Waals surface area contributed by atoms with Crippen LogP contribution in [-0.2, 0) is 32.7 Å². The summed E-state index contributed by atoms with van der Waals surface area (Å²) in [7, 11) is 0. The molecule has 7 nitrogen and oxygen atoms in total. The lowest BCUT2D eigenvalue weighted by molar-refractivity contribution is -0.688. The molecule has 0 radical (unpaired) electrons. The number of aryl methyl sites for hydroxylation is 1. The molecule has 0 fully saturated rings. The van der Waals surface area contributed by atoms with Gasteiger partial charge in [-0.05, 0) is 93.9 Å². The molecule has 320 valence electrons. The van der Waals surface area contributed by atoms with E-state index in [1.54, 1.807) is 0 Å². The number of nitrogens with zero attached hydrogens (tertiary/aromatic N) is 5. The Hall–Kier alpha value is -6.94. The molecular formula is C56H45Br2N5O2. The number of carbonyl (C=O) groups is 2. The Morgan fingerprint density at radius 1 is 0.431 bits per heavy atom. The molecule has 0 saturated carbocycles. The molecule has 65 heavy (non-hydrogen) atoms. The van der Waals surface area contributed by atoms with Gasteiger partial charge in [0.25, 0.3) is 0 Å². The molecule has 0 amide bonds. The molecule has 0 saturated heterocycles. The third kappa shape index (κ3) is 8.69. The summed E-state index contributed by atoms with van der Waals surface area (Å²) in [6.45, 7) is 5.81. The van der Waals surface area contributed by atoms with E-state index in [-0.39, 0.29) is 45.5 Å². The largest absolute Gasteiger partial charge is 1.00 e. The molecule has 0 N–H and O–H groups in total. The number of aromatic nitrogens is 5. The van der Waals surface area contributed by atoms with Gasteiger partial charge in [0.1, 0.15) is 51.0 Å². The van der Waals surface area contributed by atoms with Crippen molar-refractivity contribution in [2.24, 2.45) is 0 Å². The van der Waals surface area contributed by atoms with E-state index in [0.717, 1.165) is 52.6 Å². The SMILES string of the molecule is CCn1c2ccc3cc2c2cc(ccc21)C(=O)c1ccc(cc1)Cn1cc[n+](c1)Cc1ccc(cc1)-c1cccc(c1)-c1ccc(cc1)C[n+]1ccn(c1)Cc1ccc(cc1)C3=O.[Br-].[Br-]. The lowest BCUT2D eigenvalue weighted by Crippen LogP contribution is -3.00. The number of fused-ring (bicyclic) bond motifs is 4. The van der Waals surface area contributed by atoms with Gasteiger partial charge in [0.15, 0.2) is 11.6 Å². The maximum atomic E-state index is 14.0. The van der Waals surface area contributed by atoms with E-state index in [1.807, 2.05) is 84.9 Å². The van der Waals surface area contributed by atoms with Gasteiger partial charge in [-0.1, -0.05) is 115 Å². The molecule has 7 aromatic carbocycles. The molecule has 9 heteroatoms. The molecule has 0 unspecified atom stereocenters. The number of hydrogen-bond donors (Lipinski definition) is 0. The number of imidazole rings is 2. The van der Waals surface area contributed by atoms with Crippen molar-refractivity contribution in [3.05, 3.63) is 240 Å². The van der Waals surface area contributed by atoms with Gasteiger partial charge >= 0.3 is 0 Å². The molecule has 0 atom stereocenters. The van der Waals surface area contributed by atoms with Gasteiger partial charge in [-0.25, -0.2) is 18.3 Å². The Morgan fingerprint density at radius 3 is 1.23 bits per heavy atom. The molecule has 0 aliphatic carbocycles. The maximum absolute atomic E-state index is 14.0. The number of rotatable bonds is 1. The summed E-state index contributed by atoms with van der Waals surface area (Å²) in [5.74, 6) is -0.0592. The minimum absolute atomic E-state index is 0. The highest BCUT2D eigenvalue weighted by atomic mass is 79.9. The first-order chi connectivity index (χ1) is 30.9. The number of halogens is 2. The second-order valence-electron chi connectivity index (χ2n) is 16.8. The molecular weight excluding hydrogens is 934 g/mol. The van der Waals surface area contributed by atoms with Crippen LogP contribution in [0.25, 0.3) is 44.1 Å².